The van der Waals surface area contributed by atoms with E-state index in [-0.39, 0.29) is 24.0 Å². The zero-order chi connectivity index (χ0) is 16.8. The van der Waals surface area contributed by atoms with Crippen molar-refractivity contribution in [3.8, 4) is 0 Å². The third-order valence-corrected chi connectivity index (χ3v) is 4.63. The van der Waals surface area contributed by atoms with E-state index in [0.717, 1.165) is 38.0 Å². The van der Waals surface area contributed by atoms with Crippen molar-refractivity contribution < 1.29 is 14.3 Å². The van der Waals surface area contributed by atoms with E-state index in [1.54, 1.807) is 4.90 Å². The van der Waals surface area contributed by atoms with Gasteiger partial charge in [0.2, 0.25) is 5.91 Å². The zero-order valence-electron chi connectivity index (χ0n) is 13.9. The number of piperidine rings is 1. The molecule has 2 N–H and O–H groups in total. The highest BCUT2D eigenvalue weighted by atomic mass is 16.5. The molecule has 6 nitrogen and oxygen atoms in total. The molecule has 130 valence electrons. The van der Waals surface area contributed by atoms with Crippen LogP contribution in [-0.2, 0) is 9.53 Å². The molecule has 6 heteroatoms. The van der Waals surface area contributed by atoms with Gasteiger partial charge in [-0.25, -0.2) is 4.79 Å². The molecular formula is C18H25N3O3. The molecule has 1 aromatic carbocycles. The van der Waals surface area contributed by atoms with Crippen molar-refractivity contribution in [1.29, 1.82) is 0 Å². The van der Waals surface area contributed by atoms with Crippen molar-refractivity contribution in [1.82, 2.24) is 10.2 Å². The number of nitrogens with one attached hydrogen (secondary N) is 2. The maximum Gasteiger partial charge on any atom is 0.321 e. The maximum atomic E-state index is 12.4. The first-order chi connectivity index (χ1) is 11.7. The Morgan fingerprint density at radius 1 is 1.17 bits per heavy atom. The monoisotopic (exact) mass is 331 g/mol. The van der Waals surface area contributed by atoms with E-state index in [1.807, 2.05) is 30.3 Å². The molecule has 2 aliphatic heterocycles. The minimum absolute atomic E-state index is 0.0303. The third kappa shape index (κ3) is 4.47. The number of likely N-dealkylation sites (tertiary alicyclic amines) is 1. The van der Waals surface area contributed by atoms with Gasteiger partial charge in [0.1, 0.15) is 0 Å². The molecule has 2 heterocycles. The van der Waals surface area contributed by atoms with Gasteiger partial charge in [0.25, 0.3) is 0 Å². The summed E-state index contributed by atoms with van der Waals surface area (Å²) < 4.78 is 5.53. The molecule has 2 saturated heterocycles. The number of rotatable bonds is 4. The molecule has 24 heavy (non-hydrogen) atoms. The Kier molecular flexibility index (Phi) is 5.69. The number of hydrogen-bond donors (Lipinski definition) is 2. The van der Waals surface area contributed by atoms with Crippen LogP contribution in [0.3, 0.4) is 0 Å². The number of ether oxygens (including phenoxy) is 1. The smallest absolute Gasteiger partial charge is 0.321 e. The van der Waals surface area contributed by atoms with Crippen LogP contribution < -0.4 is 10.6 Å². The summed E-state index contributed by atoms with van der Waals surface area (Å²) in [5.41, 5.74) is 0.771. The summed E-state index contributed by atoms with van der Waals surface area (Å²) in [4.78, 5) is 26.5. The molecule has 2 fully saturated rings. The van der Waals surface area contributed by atoms with Gasteiger partial charge >= 0.3 is 6.03 Å². The summed E-state index contributed by atoms with van der Waals surface area (Å²) in [6.45, 7) is 2.52. The average molecular weight is 331 g/mol. The van der Waals surface area contributed by atoms with E-state index >= 15 is 0 Å². The van der Waals surface area contributed by atoms with Crippen molar-refractivity contribution in [2.45, 2.75) is 31.8 Å². The molecule has 1 aromatic rings. The van der Waals surface area contributed by atoms with E-state index in [2.05, 4.69) is 10.6 Å². The van der Waals surface area contributed by atoms with E-state index in [9.17, 15) is 9.59 Å². The molecule has 3 amide bonds. The Morgan fingerprint density at radius 3 is 2.75 bits per heavy atom. The van der Waals surface area contributed by atoms with Crippen molar-refractivity contribution in [3.05, 3.63) is 30.3 Å². The van der Waals surface area contributed by atoms with Crippen LogP contribution in [0.1, 0.15) is 25.7 Å². The lowest BCUT2D eigenvalue weighted by Crippen LogP contribution is -2.47. The highest BCUT2D eigenvalue weighted by Crippen LogP contribution is 2.18. The zero-order valence-corrected chi connectivity index (χ0v) is 13.9. The minimum Gasteiger partial charge on any atom is -0.376 e. The standard InChI is InChI=1S/C18H25N3O3/c22-17(19-12-16-9-5-11-24-16)14-6-4-10-21(13-14)18(23)20-15-7-2-1-3-8-15/h1-3,7-8,14,16H,4-6,9-13H2,(H,19,22)(H,20,23). The van der Waals surface area contributed by atoms with Crippen LogP contribution in [0.5, 0.6) is 0 Å². The quantitative estimate of drug-likeness (QED) is 0.889. The lowest BCUT2D eigenvalue weighted by molar-refractivity contribution is -0.126. The van der Waals surface area contributed by atoms with Crippen LogP contribution in [0.25, 0.3) is 0 Å². The summed E-state index contributed by atoms with van der Waals surface area (Å²) in [5, 5.41) is 5.86. The topological polar surface area (TPSA) is 70.7 Å². The Hall–Kier alpha value is -2.08. The third-order valence-electron chi connectivity index (χ3n) is 4.63. The second-order valence-electron chi connectivity index (χ2n) is 6.46. The molecule has 3 rings (SSSR count). The Bertz CT molecular complexity index is 558. The number of para-hydroxylation sites is 1. The molecule has 2 aliphatic rings. The highest BCUT2D eigenvalue weighted by molar-refractivity contribution is 5.90. The molecule has 2 unspecified atom stereocenters. The molecule has 0 bridgehead atoms. The Labute approximate surface area is 142 Å². The fourth-order valence-corrected chi connectivity index (χ4v) is 3.26. The number of anilines is 1. The lowest BCUT2D eigenvalue weighted by atomic mass is 9.97. The molecule has 2 atom stereocenters. The second kappa shape index (κ2) is 8.15. The first-order valence-corrected chi connectivity index (χ1v) is 8.72. The van der Waals surface area contributed by atoms with Gasteiger partial charge in [0.15, 0.2) is 0 Å². The predicted molar refractivity (Wildman–Crippen MR) is 91.7 cm³/mol. The van der Waals surface area contributed by atoms with Gasteiger partial charge in [-0.05, 0) is 37.8 Å². The molecule has 0 aromatic heterocycles. The number of nitrogens with zero attached hydrogens (tertiary/aromatic N) is 1. The predicted octanol–water partition coefficient (Wildman–Crippen LogP) is 2.23. The number of amides is 3. The summed E-state index contributed by atoms with van der Waals surface area (Å²) in [5.74, 6) is -0.107. The lowest BCUT2D eigenvalue weighted by Gasteiger charge is -2.32. The van der Waals surface area contributed by atoms with E-state index in [1.165, 1.54) is 0 Å². The van der Waals surface area contributed by atoms with Gasteiger partial charge in [0.05, 0.1) is 12.0 Å². The van der Waals surface area contributed by atoms with Crippen molar-refractivity contribution in [2.24, 2.45) is 5.92 Å². The Balaban J connectivity index is 1.48. The normalized spacial score (nSPS) is 23.8. The van der Waals surface area contributed by atoms with Gasteiger partial charge in [-0.2, -0.15) is 0 Å². The number of hydrogen-bond acceptors (Lipinski definition) is 3. The summed E-state index contributed by atoms with van der Waals surface area (Å²) >= 11 is 0. The average Bonchev–Trinajstić information content (AvgIpc) is 3.14. The van der Waals surface area contributed by atoms with Gasteiger partial charge in [-0.1, -0.05) is 18.2 Å². The minimum atomic E-state index is -0.141. The summed E-state index contributed by atoms with van der Waals surface area (Å²) in [7, 11) is 0. The number of urea groups is 1. The number of carbonyl (C=O) groups excluding carboxylic acids is 2. The van der Waals surface area contributed by atoms with Gasteiger partial charge in [-0.15, -0.1) is 0 Å². The summed E-state index contributed by atoms with van der Waals surface area (Å²) in [6, 6.07) is 9.24. The molecule has 0 spiro atoms. The van der Waals surface area contributed by atoms with Gasteiger partial charge in [0, 0.05) is 31.9 Å². The maximum absolute atomic E-state index is 12.4. The van der Waals surface area contributed by atoms with Crippen LogP contribution in [0, 0.1) is 5.92 Å². The van der Waals surface area contributed by atoms with Crippen molar-refractivity contribution in [3.63, 3.8) is 0 Å². The Morgan fingerprint density at radius 2 is 2.00 bits per heavy atom. The molecule has 0 saturated carbocycles. The largest absolute Gasteiger partial charge is 0.376 e. The van der Waals surface area contributed by atoms with E-state index < -0.39 is 0 Å². The van der Waals surface area contributed by atoms with Crippen molar-refractivity contribution >= 4 is 17.6 Å². The molecular weight excluding hydrogens is 306 g/mol. The number of benzene rings is 1. The first-order valence-electron chi connectivity index (χ1n) is 8.72. The molecule has 0 aliphatic carbocycles. The van der Waals surface area contributed by atoms with Crippen LogP contribution in [0.4, 0.5) is 10.5 Å². The SMILES string of the molecule is O=C(NCC1CCCO1)C1CCCN(C(=O)Nc2ccccc2)C1. The molecule has 0 radical (unpaired) electrons. The van der Waals surface area contributed by atoms with E-state index in [4.69, 9.17) is 4.74 Å². The second-order valence-corrected chi connectivity index (χ2v) is 6.46. The first kappa shape index (κ1) is 16.8. The summed E-state index contributed by atoms with van der Waals surface area (Å²) in [6.07, 6.45) is 3.90. The fraction of sp³-hybridized carbons (Fsp3) is 0.556. The van der Waals surface area contributed by atoms with Crippen LogP contribution in [-0.4, -0.2) is 49.2 Å². The van der Waals surface area contributed by atoms with Crippen LogP contribution in [0.15, 0.2) is 30.3 Å². The van der Waals surface area contributed by atoms with Gasteiger partial charge in [-0.3, -0.25) is 4.79 Å². The fourth-order valence-electron chi connectivity index (χ4n) is 3.26. The van der Waals surface area contributed by atoms with E-state index in [0.29, 0.717) is 19.6 Å². The van der Waals surface area contributed by atoms with Crippen molar-refractivity contribution in [2.75, 3.05) is 31.6 Å². The van der Waals surface area contributed by atoms with Gasteiger partial charge < -0.3 is 20.3 Å². The number of carbonyl (C=O) groups is 2. The van der Waals surface area contributed by atoms with Crippen LogP contribution in [0.2, 0.25) is 0 Å². The van der Waals surface area contributed by atoms with Crippen LogP contribution >= 0.6 is 0 Å². The highest BCUT2D eigenvalue weighted by Gasteiger charge is 2.29.